The third-order valence-electron chi connectivity index (χ3n) is 4.30. The molecular weight excluding hydrogens is 342 g/mol. The SMILES string of the molecule is CN[C@H](Cc1ccccc1)C(=O)N[C@@H](Cc1ccccc1)c1nccs1. The molecule has 1 amide bonds. The van der Waals surface area contributed by atoms with Crippen molar-refractivity contribution in [2.75, 3.05) is 7.05 Å². The predicted molar refractivity (Wildman–Crippen MR) is 106 cm³/mol. The molecule has 2 atom stereocenters. The van der Waals surface area contributed by atoms with E-state index in [1.54, 1.807) is 17.5 Å². The van der Waals surface area contributed by atoms with Gasteiger partial charge in [-0.05, 0) is 31.0 Å². The summed E-state index contributed by atoms with van der Waals surface area (Å²) >= 11 is 1.57. The summed E-state index contributed by atoms with van der Waals surface area (Å²) in [6.45, 7) is 0. The van der Waals surface area contributed by atoms with Crippen molar-refractivity contribution in [1.29, 1.82) is 0 Å². The molecule has 1 aromatic heterocycles. The summed E-state index contributed by atoms with van der Waals surface area (Å²) in [6.07, 6.45) is 3.16. The highest BCUT2D eigenvalue weighted by atomic mass is 32.1. The summed E-state index contributed by atoms with van der Waals surface area (Å²) in [6, 6.07) is 19.8. The van der Waals surface area contributed by atoms with Crippen LogP contribution in [0.2, 0.25) is 0 Å². The van der Waals surface area contributed by atoms with E-state index in [2.05, 4.69) is 27.8 Å². The van der Waals surface area contributed by atoms with E-state index in [1.165, 1.54) is 5.56 Å². The van der Waals surface area contributed by atoms with E-state index in [1.807, 2.05) is 61.0 Å². The highest BCUT2D eigenvalue weighted by Crippen LogP contribution is 2.21. The molecule has 134 valence electrons. The van der Waals surface area contributed by atoms with Crippen LogP contribution < -0.4 is 10.6 Å². The maximum atomic E-state index is 12.9. The van der Waals surface area contributed by atoms with Crippen LogP contribution in [0.3, 0.4) is 0 Å². The summed E-state index contributed by atoms with van der Waals surface area (Å²) in [5.41, 5.74) is 2.31. The number of thiazole rings is 1. The molecule has 0 spiro atoms. The van der Waals surface area contributed by atoms with Gasteiger partial charge in [0, 0.05) is 11.6 Å². The second-order valence-electron chi connectivity index (χ2n) is 6.15. The number of nitrogens with one attached hydrogen (secondary N) is 2. The first kappa shape index (κ1) is 18.3. The normalized spacial score (nSPS) is 13.1. The van der Waals surface area contributed by atoms with Crippen molar-refractivity contribution in [2.24, 2.45) is 0 Å². The van der Waals surface area contributed by atoms with Crippen LogP contribution in [0.5, 0.6) is 0 Å². The van der Waals surface area contributed by atoms with Gasteiger partial charge in [0.2, 0.25) is 5.91 Å². The predicted octanol–water partition coefficient (Wildman–Crippen LogP) is 3.37. The number of rotatable bonds is 8. The van der Waals surface area contributed by atoms with Crippen molar-refractivity contribution in [3.63, 3.8) is 0 Å². The van der Waals surface area contributed by atoms with Crippen LogP contribution >= 0.6 is 11.3 Å². The zero-order valence-corrected chi connectivity index (χ0v) is 15.6. The van der Waals surface area contributed by atoms with E-state index in [-0.39, 0.29) is 18.0 Å². The lowest BCUT2D eigenvalue weighted by molar-refractivity contribution is -0.123. The standard InChI is InChI=1S/C21H23N3OS/c1-22-18(14-16-8-4-2-5-9-16)20(25)24-19(21-23-12-13-26-21)15-17-10-6-3-7-11-17/h2-13,18-19,22H,14-15H2,1H3,(H,24,25)/t18-,19+/m1/s1. The van der Waals surface area contributed by atoms with Crippen molar-refractivity contribution < 1.29 is 4.79 Å². The molecule has 0 unspecified atom stereocenters. The molecule has 0 fully saturated rings. The number of hydrogen-bond donors (Lipinski definition) is 2. The van der Waals surface area contributed by atoms with Crippen LogP contribution in [-0.2, 0) is 17.6 Å². The van der Waals surface area contributed by atoms with E-state index in [9.17, 15) is 4.79 Å². The van der Waals surface area contributed by atoms with Crippen LogP contribution in [-0.4, -0.2) is 24.0 Å². The summed E-state index contributed by atoms with van der Waals surface area (Å²) in [5.74, 6) is -0.00696. The number of likely N-dealkylation sites (N-methyl/N-ethyl adjacent to an activating group) is 1. The third-order valence-corrected chi connectivity index (χ3v) is 5.19. The molecule has 3 aromatic rings. The molecule has 0 aliphatic carbocycles. The van der Waals surface area contributed by atoms with Gasteiger partial charge in [-0.25, -0.2) is 4.98 Å². The number of hydrogen-bond acceptors (Lipinski definition) is 4. The van der Waals surface area contributed by atoms with Crippen LogP contribution in [0.15, 0.2) is 72.2 Å². The summed E-state index contributed by atoms with van der Waals surface area (Å²) in [5, 5.41) is 9.19. The summed E-state index contributed by atoms with van der Waals surface area (Å²) < 4.78 is 0. The van der Waals surface area contributed by atoms with Crippen molar-refractivity contribution in [1.82, 2.24) is 15.6 Å². The Kier molecular flexibility index (Phi) is 6.52. The van der Waals surface area contributed by atoms with Gasteiger partial charge < -0.3 is 10.6 Å². The van der Waals surface area contributed by atoms with Gasteiger partial charge in [-0.1, -0.05) is 60.7 Å². The van der Waals surface area contributed by atoms with Crippen molar-refractivity contribution in [3.8, 4) is 0 Å². The Morgan fingerprint density at radius 1 is 1.00 bits per heavy atom. The van der Waals surface area contributed by atoms with Crippen LogP contribution in [0.25, 0.3) is 0 Å². The second-order valence-corrected chi connectivity index (χ2v) is 7.08. The van der Waals surface area contributed by atoms with Crippen LogP contribution in [0.1, 0.15) is 22.2 Å². The monoisotopic (exact) mass is 365 g/mol. The van der Waals surface area contributed by atoms with Gasteiger partial charge in [0.25, 0.3) is 0 Å². The molecule has 1 heterocycles. The largest absolute Gasteiger partial charge is 0.345 e. The van der Waals surface area contributed by atoms with Gasteiger partial charge in [-0.2, -0.15) is 0 Å². The fraction of sp³-hybridized carbons (Fsp3) is 0.238. The van der Waals surface area contributed by atoms with E-state index in [4.69, 9.17) is 0 Å². The minimum atomic E-state index is -0.282. The van der Waals surface area contributed by atoms with E-state index in [0.717, 1.165) is 17.0 Å². The zero-order chi connectivity index (χ0) is 18.2. The zero-order valence-electron chi connectivity index (χ0n) is 14.8. The molecule has 0 radical (unpaired) electrons. The lowest BCUT2D eigenvalue weighted by Gasteiger charge is -2.21. The van der Waals surface area contributed by atoms with E-state index in [0.29, 0.717) is 6.42 Å². The molecule has 0 bridgehead atoms. The summed E-state index contributed by atoms with van der Waals surface area (Å²) in [7, 11) is 1.82. The van der Waals surface area contributed by atoms with Crippen molar-refractivity contribution in [2.45, 2.75) is 24.9 Å². The Morgan fingerprint density at radius 2 is 1.62 bits per heavy atom. The molecule has 0 saturated heterocycles. The molecule has 5 heteroatoms. The average molecular weight is 366 g/mol. The molecule has 3 rings (SSSR count). The van der Waals surface area contributed by atoms with Crippen LogP contribution in [0.4, 0.5) is 0 Å². The Balaban J connectivity index is 1.71. The molecule has 4 nitrogen and oxygen atoms in total. The van der Waals surface area contributed by atoms with Crippen molar-refractivity contribution >= 4 is 17.2 Å². The minimum Gasteiger partial charge on any atom is -0.345 e. The van der Waals surface area contributed by atoms with E-state index >= 15 is 0 Å². The second kappa shape index (κ2) is 9.27. The van der Waals surface area contributed by atoms with Gasteiger partial charge in [0.05, 0.1) is 12.1 Å². The smallest absolute Gasteiger partial charge is 0.238 e. The lowest BCUT2D eigenvalue weighted by Crippen LogP contribution is -2.45. The Labute approximate surface area is 158 Å². The van der Waals surface area contributed by atoms with Gasteiger partial charge in [0.1, 0.15) is 5.01 Å². The molecule has 0 saturated carbocycles. The number of aromatic nitrogens is 1. The maximum Gasteiger partial charge on any atom is 0.238 e. The van der Waals surface area contributed by atoms with Gasteiger partial charge in [-0.3, -0.25) is 4.79 Å². The molecule has 0 aliphatic rings. The first-order chi connectivity index (χ1) is 12.8. The Morgan fingerprint density at radius 3 is 2.15 bits per heavy atom. The molecular formula is C21H23N3OS. The first-order valence-electron chi connectivity index (χ1n) is 8.71. The average Bonchev–Trinajstić information content (AvgIpc) is 3.22. The quantitative estimate of drug-likeness (QED) is 0.643. The van der Waals surface area contributed by atoms with Gasteiger partial charge >= 0.3 is 0 Å². The minimum absolute atomic E-state index is 0.00696. The topological polar surface area (TPSA) is 54.0 Å². The molecule has 2 N–H and O–H groups in total. The Bertz CT molecular complexity index is 791. The summed E-state index contributed by atoms with van der Waals surface area (Å²) in [4.78, 5) is 17.3. The third kappa shape index (κ3) is 5.00. The maximum absolute atomic E-state index is 12.9. The lowest BCUT2D eigenvalue weighted by atomic mass is 10.0. The van der Waals surface area contributed by atoms with Gasteiger partial charge in [0.15, 0.2) is 0 Å². The number of carbonyl (C=O) groups excluding carboxylic acids is 1. The number of amides is 1. The van der Waals surface area contributed by atoms with Crippen LogP contribution in [0, 0.1) is 0 Å². The molecule has 0 aliphatic heterocycles. The number of benzene rings is 2. The molecule has 26 heavy (non-hydrogen) atoms. The highest BCUT2D eigenvalue weighted by Gasteiger charge is 2.23. The molecule has 2 aromatic carbocycles. The van der Waals surface area contributed by atoms with E-state index < -0.39 is 0 Å². The van der Waals surface area contributed by atoms with Gasteiger partial charge in [-0.15, -0.1) is 11.3 Å². The Hall–Kier alpha value is -2.50. The number of carbonyl (C=O) groups is 1. The first-order valence-corrected chi connectivity index (χ1v) is 9.59. The fourth-order valence-electron chi connectivity index (χ4n) is 2.90. The fourth-order valence-corrected chi connectivity index (χ4v) is 3.59. The highest BCUT2D eigenvalue weighted by molar-refractivity contribution is 7.09. The van der Waals surface area contributed by atoms with Crippen molar-refractivity contribution in [3.05, 3.63) is 88.4 Å². The number of nitrogens with zero attached hydrogens (tertiary/aromatic N) is 1.